The lowest BCUT2D eigenvalue weighted by molar-refractivity contribution is 0.0727. The van der Waals surface area contributed by atoms with Crippen LogP contribution in [0.4, 0.5) is 0 Å². The van der Waals surface area contributed by atoms with E-state index in [1.54, 1.807) is 18.9 Å². The number of amides is 1. The number of nitrogens with zero attached hydrogens (tertiary/aromatic N) is 3. The molecule has 6 nitrogen and oxygen atoms in total. The molecule has 4 rings (SSSR count). The zero-order valence-corrected chi connectivity index (χ0v) is 16.3. The van der Waals surface area contributed by atoms with Crippen LogP contribution in [0.1, 0.15) is 21.6 Å². The summed E-state index contributed by atoms with van der Waals surface area (Å²) in [5, 5.41) is 4.46. The Bertz CT molecular complexity index is 1010. The molecule has 1 aromatic heterocycles. The van der Waals surface area contributed by atoms with Gasteiger partial charge in [-0.1, -0.05) is 30.3 Å². The molecule has 0 bridgehead atoms. The van der Waals surface area contributed by atoms with Crippen molar-refractivity contribution >= 4 is 5.91 Å². The van der Waals surface area contributed by atoms with E-state index in [2.05, 4.69) is 5.10 Å². The highest BCUT2D eigenvalue weighted by Gasteiger charge is 2.25. The van der Waals surface area contributed by atoms with Gasteiger partial charge in [-0.05, 0) is 41.3 Å². The van der Waals surface area contributed by atoms with Crippen molar-refractivity contribution in [1.82, 2.24) is 14.7 Å². The Morgan fingerprint density at radius 3 is 2.36 bits per heavy atom. The third-order valence-electron chi connectivity index (χ3n) is 5.17. The molecule has 28 heavy (non-hydrogen) atoms. The Morgan fingerprint density at radius 2 is 1.68 bits per heavy atom. The largest absolute Gasteiger partial charge is 0.493 e. The summed E-state index contributed by atoms with van der Waals surface area (Å²) in [6, 6.07) is 15.8. The normalized spacial score (nSPS) is 13.2. The number of carbonyl (C=O) groups excluding carboxylic acids is 1. The third-order valence-corrected chi connectivity index (χ3v) is 5.17. The Morgan fingerprint density at radius 1 is 1.00 bits per heavy atom. The first-order chi connectivity index (χ1) is 13.6. The second-order valence-corrected chi connectivity index (χ2v) is 6.86. The fourth-order valence-corrected chi connectivity index (χ4v) is 3.67. The van der Waals surface area contributed by atoms with Crippen LogP contribution in [0, 0.1) is 0 Å². The highest BCUT2D eigenvalue weighted by atomic mass is 16.5. The highest BCUT2D eigenvalue weighted by molar-refractivity contribution is 5.93. The summed E-state index contributed by atoms with van der Waals surface area (Å²) < 4.78 is 12.6. The first kappa shape index (κ1) is 18.1. The van der Waals surface area contributed by atoms with E-state index in [1.807, 2.05) is 60.5 Å². The van der Waals surface area contributed by atoms with E-state index in [0.29, 0.717) is 24.5 Å². The Labute approximate surface area is 164 Å². The van der Waals surface area contributed by atoms with Gasteiger partial charge in [0.2, 0.25) is 0 Å². The fraction of sp³-hybridized carbons (Fsp3) is 0.273. The van der Waals surface area contributed by atoms with Crippen molar-refractivity contribution in [2.75, 3.05) is 20.8 Å². The number of aromatic nitrogens is 2. The summed E-state index contributed by atoms with van der Waals surface area (Å²) in [6.45, 7) is 1.18. The van der Waals surface area contributed by atoms with Crippen LogP contribution in [0.25, 0.3) is 11.3 Å². The van der Waals surface area contributed by atoms with Gasteiger partial charge in [-0.25, -0.2) is 0 Å². The van der Waals surface area contributed by atoms with E-state index in [0.717, 1.165) is 29.0 Å². The van der Waals surface area contributed by atoms with Crippen LogP contribution in [-0.2, 0) is 20.0 Å². The highest BCUT2D eigenvalue weighted by Crippen LogP contribution is 2.33. The lowest BCUT2D eigenvalue weighted by Gasteiger charge is -2.29. The molecule has 2 aromatic carbocycles. The molecule has 0 N–H and O–H groups in total. The molecule has 2 heterocycles. The molecule has 1 amide bonds. The minimum atomic E-state index is -0.0572. The average molecular weight is 377 g/mol. The number of hydrogen-bond acceptors (Lipinski definition) is 4. The second kappa shape index (κ2) is 7.38. The van der Waals surface area contributed by atoms with Crippen LogP contribution < -0.4 is 9.47 Å². The van der Waals surface area contributed by atoms with Gasteiger partial charge in [0.1, 0.15) is 0 Å². The van der Waals surface area contributed by atoms with Gasteiger partial charge in [-0.2, -0.15) is 5.10 Å². The standard InChI is InChI=1S/C22H23N3O3/c1-24-19(15-7-5-4-6-8-15)13-18(23-24)22(26)25-10-9-16-11-20(27-2)21(28-3)12-17(16)14-25/h4-8,11-13H,9-10,14H2,1-3H3. The van der Waals surface area contributed by atoms with Crippen LogP contribution in [0.3, 0.4) is 0 Å². The van der Waals surface area contributed by atoms with Crippen molar-refractivity contribution in [2.24, 2.45) is 7.05 Å². The maximum absolute atomic E-state index is 13.1. The van der Waals surface area contributed by atoms with Gasteiger partial charge in [0.15, 0.2) is 17.2 Å². The van der Waals surface area contributed by atoms with Gasteiger partial charge in [-0.15, -0.1) is 0 Å². The van der Waals surface area contributed by atoms with Crippen LogP contribution in [-0.4, -0.2) is 41.4 Å². The summed E-state index contributed by atoms with van der Waals surface area (Å²) in [6.07, 6.45) is 0.778. The zero-order chi connectivity index (χ0) is 19.7. The number of rotatable bonds is 4. The first-order valence-corrected chi connectivity index (χ1v) is 9.23. The van der Waals surface area contributed by atoms with Crippen molar-refractivity contribution < 1.29 is 14.3 Å². The molecule has 144 valence electrons. The molecule has 1 aliphatic heterocycles. The van der Waals surface area contributed by atoms with Gasteiger partial charge in [0, 0.05) is 20.1 Å². The van der Waals surface area contributed by atoms with Crippen molar-refractivity contribution in [2.45, 2.75) is 13.0 Å². The van der Waals surface area contributed by atoms with E-state index < -0.39 is 0 Å². The van der Waals surface area contributed by atoms with Gasteiger partial charge < -0.3 is 14.4 Å². The lowest BCUT2D eigenvalue weighted by Crippen LogP contribution is -2.36. The molecule has 1 aliphatic rings. The lowest BCUT2D eigenvalue weighted by atomic mass is 9.98. The molecule has 6 heteroatoms. The predicted octanol–water partition coefficient (Wildman–Crippen LogP) is 3.30. The summed E-state index contributed by atoms with van der Waals surface area (Å²) in [5.41, 5.74) is 4.69. The quantitative estimate of drug-likeness (QED) is 0.700. The Hall–Kier alpha value is -3.28. The van der Waals surface area contributed by atoms with E-state index in [1.165, 1.54) is 5.56 Å². The number of aryl methyl sites for hydroxylation is 1. The second-order valence-electron chi connectivity index (χ2n) is 6.86. The topological polar surface area (TPSA) is 56.6 Å². The smallest absolute Gasteiger partial charge is 0.274 e. The van der Waals surface area contributed by atoms with Crippen molar-refractivity contribution in [3.05, 3.63) is 65.4 Å². The number of carbonyl (C=O) groups is 1. The van der Waals surface area contributed by atoms with E-state index in [4.69, 9.17) is 9.47 Å². The zero-order valence-electron chi connectivity index (χ0n) is 16.3. The molecule has 0 unspecified atom stereocenters. The van der Waals surface area contributed by atoms with E-state index >= 15 is 0 Å². The maximum atomic E-state index is 13.1. The van der Waals surface area contributed by atoms with Crippen LogP contribution in [0.15, 0.2) is 48.5 Å². The van der Waals surface area contributed by atoms with E-state index in [-0.39, 0.29) is 5.91 Å². The molecule has 0 atom stereocenters. The maximum Gasteiger partial charge on any atom is 0.274 e. The Kier molecular flexibility index (Phi) is 4.77. The predicted molar refractivity (Wildman–Crippen MR) is 107 cm³/mol. The molecule has 0 aliphatic carbocycles. The van der Waals surface area contributed by atoms with Crippen molar-refractivity contribution in [3.8, 4) is 22.8 Å². The number of ether oxygens (including phenoxy) is 2. The molecule has 0 fully saturated rings. The molecule has 3 aromatic rings. The molecule has 0 saturated carbocycles. The van der Waals surface area contributed by atoms with Crippen molar-refractivity contribution in [1.29, 1.82) is 0 Å². The van der Waals surface area contributed by atoms with Gasteiger partial charge in [-0.3, -0.25) is 9.48 Å². The molecular weight excluding hydrogens is 354 g/mol. The first-order valence-electron chi connectivity index (χ1n) is 9.23. The van der Waals surface area contributed by atoms with Gasteiger partial charge in [0.05, 0.1) is 19.9 Å². The minimum absolute atomic E-state index is 0.0572. The van der Waals surface area contributed by atoms with Gasteiger partial charge >= 0.3 is 0 Å². The van der Waals surface area contributed by atoms with Gasteiger partial charge in [0.25, 0.3) is 5.91 Å². The number of methoxy groups -OCH3 is 2. The summed E-state index contributed by atoms with van der Waals surface area (Å²) in [4.78, 5) is 14.9. The summed E-state index contributed by atoms with van der Waals surface area (Å²) in [7, 11) is 5.12. The van der Waals surface area contributed by atoms with Crippen LogP contribution >= 0.6 is 0 Å². The molecule has 0 spiro atoms. The third kappa shape index (κ3) is 3.22. The minimum Gasteiger partial charge on any atom is -0.493 e. The monoisotopic (exact) mass is 377 g/mol. The SMILES string of the molecule is COc1cc2c(cc1OC)CN(C(=O)c1cc(-c3ccccc3)n(C)n1)CC2. The molecular formula is C22H23N3O3. The number of benzene rings is 2. The summed E-state index contributed by atoms with van der Waals surface area (Å²) in [5.74, 6) is 1.34. The van der Waals surface area contributed by atoms with Crippen LogP contribution in [0.2, 0.25) is 0 Å². The fourth-order valence-electron chi connectivity index (χ4n) is 3.67. The molecule has 0 radical (unpaired) electrons. The van der Waals surface area contributed by atoms with Crippen molar-refractivity contribution in [3.63, 3.8) is 0 Å². The number of fused-ring (bicyclic) bond motifs is 1. The number of hydrogen-bond donors (Lipinski definition) is 0. The van der Waals surface area contributed by atoms with E-state index in [9.17, 15) is 4.79 Å². The van der Waals surface area contributed by atoms with Crippen LogP contribution in [0.5, 0.6) is 11.5 Å². The summed E-state index contributed by atoms with van der Waals surface area (Å²) >= 11 is 0. The molecule has 0 saturated heterocycles. The average Bonchev–Trinajstić information content (AvgIpc) is 3.13. The Balaban J connectivity index is 1.59.